The van der Waals surface area contributed by atoms with E-state index < -0.39 is 0 Å². The van der Waals surface area contributed by atoms with Gasteiger partial charge in [0.25, 0.3) is 0 Å². The van der Waals surface area contributed by atoms with E-state index in [1.165, 1.54) is 52.8 Å². The minimum atomic E-state index is 0.516. The molecule has 0 saturated carbocycles. The Balaban J connectivity index is 2.05. The molecule has 3 rings (SSSR count). The van der Waals surface area contributed by atoms with Crippen molar-refractivity contribution in [2.45, 2.75) is 85.1 Å². The van der Waals surface area contributed by atoms with Crippen molar-refractivity contribution in [2.24, 2.45) is 0 Å². The molecule has 0 saturated heterocycles. The first-order chi connectivity index (χ1) is 13.5. The lowest BCUT2D eigenvalue weighted by atomic mass is 9.83. The molecule has 0 N–H and O–H groups in total. The molecule has 0 radical (unpaired) electrons. The molecule has 1 nitrogen and oxygen atoms in total. The Hall–Kier alpha value is -2.02. The van der Waals surface area contributed by atoms with Crippen LogP contribution in [0.15, 0.2) is 54.3 Å². The van der Waals surface area contributed by atoms with Gasteiger partial charge in [-0.05, 0) is 84.1 Å². The highest BCUT2D eigenvalue weighted by molar-refractivity contribution is 5.77. The fraction of sp³-hybridized carbons (Fsp3) is 0.481. The van der Waals surface area contributed by atoms with Gasteiger partial charge in [-0.1, -0.05) is 59.8 Å². The van der Waals surface area contributed by atoms with Crippen LogP contribution in [0.3, 0.4) is 0 Å². The molecule has 150 valence electrons. The van der Waals surface area contributed by atoms with Gasteiger partial charge in [0.1, 0.15) is 0 Å². The average Bonchev–Trinajstić information content (AvgIpc) is 2.70. The van der Waals surface area contributed by atoms with Crippen LogP contribution in [0.5, 0.6) is 0 Å². The summed E-state index contributed by atoms with van der Waals surface area (Å²) in [6.07, 6.45) is 13.9. The predicted molar refractivity (Wildman–Crippen MR) is 123 cm³/mol. The minimum absolute atomic E-state index is 0.516. The van der Waals surface area contributed by atoms with Crippen LogP contribution in [-0.2, 0) is 19.3 Å². The number of allylic oxidation sites excluding steroid dienone is 4. The van der Waals surface area contributed by atoms with Crippen LogP contribution in [0.1, 0.15) is 82.1 Å². The first-order valence-corrected chi connectivity index (χ1v) is 11.3. The Kier molecular flexibility index (Phi) is 6.65. The summed E-state index contributed by atoms with van der Waals surface area (Å²) < 4.78 is 0. The summed E-state index contributed by atoms with van der Waals surface area (Å²) in [7, 11) is 0. The highest BCUT2D eigenvalue weighted by atomic mass is 15.2. The highest BCUT2D eigenvalue weighted by Gasteiger charge is 2.31. The van der Waals surface area contributed by atoms with E-state index in [0.29, 0.717) is 6.04 Å². The monoisotopic (exact) mass is 375 g/mol. The lowest BCUT2D eigenvalue weighted by Gasteiger charge is -2.41. The summed E-state index contributed by atoms with van der Waals surface area (Å²) in [5.41, 5.74) is 10.9. The number of hydrogen-bond donors (Lipinski definition) is 0. The van der Waals surface area contributed by atoms with Crippen LogP contribution < -0.4 is 0 Å². The number of unbranched alkanes of at least 4 members (excludes halogenated alkanes) is 1. The van der Waals surface area contributed by atoms with Gasteiger partial charge in [-0.25, -0.2) is 0 Å². The summed E-state index contributed by atoms with van der Waals surface area (Å²) in [6, 6.07) is 5.50. The van der Waals surface area contributed by atoms with E-state index >= 15 is 0 Å². The molecule has 0 spiro atoms. The molecular formula is C27H37N. The van der Waals surface area contributed by atoms with Gasteiger partial charge in [-0.15, -0.1) is 0 Å². The molecule has 2 heterocycles. The van der Waals surface area contributed by atoms with Crippen LogP contribution in [0, 0.1) is 0 Å². The summed E-state index contributed by atoms with van der Waals surface area (Å²) in [5, 5.41) is 0. The highest BCUT2D eigenvalue weighted by Crippen LogP contribution is 2.41. The van der Waals surface area contributed by atoms with Crippen molar-refractivity contribution in [1.82, 2.24) is 4.90 Å². The lowest BCUT2D eigenvalue weighted by Crippen LogP contribution is -2.37. The molecule has 2 aliphatic rings. The topological polar surface area (TPSA) is 3.24 Å². The number of nitrogens with zero attached hydrogens (tertiary/aromatic N) is 1. The van der Waals surface area contributed by atoms with Crippen molar-refractivity contribution in [3.8, 4) is 0 Å². The van der Waals surface area contributed by atoms with E-state index in [1.807, 2.05) is 0 Å². The SMILES string of the molecule is C=C1C=C2c3cc(CC)c(CCCC)cc3CC(CC)N2C=C1C(=C)CCC. The van der Waals surface area contributed by atoms with Crippen LogP contribution in [0.4, 0.5) is 0 Å². The maximum atomic E-state index is 4.38. The van der Waals surface area contributed by atoms with Gasteiger partial charge in [0, 0.05) is 23.5 Å². The first-order valence-electron chi connectivity index (χ1n) is 11.3. The summed E-state index contributed by atoms with van der Waals surface area (Å²) in [5.74, 6) is 0. The van der Waals surface area contributed by atoms with E-state index in [-0.39, 0.29) is 0 Å². The van der Waals surface area contributed by atoms with Gasteiger partial charge in [0.15, 0.2) is 0 Å². The summed E-state index contributed by atoms with van der Waals surface area (Å²) >= 11 is 0. The summed E-state index contributed by atoms with van der Waals surface area (Å²) in [4.78, 5) is 2.51. The van der Waals surface area contributed by atoms with Gasteiger partial charge in [-0.3, -0.25) is 0 Å². The second-order valence-corrected chi connectivity index (χ2v) is 8.36. The normalized spacial score (nSPS) is 18.4. The number of aryl methyl sites for hydroxylation is 2. The number of hydrogen-bond acceptors (Lipinski definition) is 1. The second kappa shape index (κ2) is 8.99. The third-order valence-electron chi connectivity index (χ3n) is 6.34. The Morgan fingerprint density at radius 3 is 2.54 bits per heavy atom. The van der Waals surface area contributed by atoms with Crippen molar-refractivity contribution in [3.63, 3.8) is 0 Å². The first kappa shape index (κ1) is 20.7. The molecule has 0 bridgehead atoms. The zero-order valence-electron chi connectivity index (χ0n) is 18.4. The molecule has 0 fully saturated rings. The quantitative estimate of drug-likeness (QED) is 0.458. The second-order valence-electron chi connectivity index (χ2n) is 8.36. The third-order valence-corrected chi connectivity index (χ3v) is 6.34. The van der Waals surface area contributed by atoms with Gasteiger partial charge in [-0.2, -0.15) is 0 Å². The molecule has 1 atom stereocenters. The molecule has 1 aromatic carbocycles. The van der Waals surface area contributed by atoms with Crippen LogP contribution in [0.25, 0.3) is 5.70 Å². The molecule has 1 heteroatoms. The zero-order chi connectivity index (χ0) is 20.3. The number of benzene rings is 1. The van der Waals surface area contributed by atoms with Crippen LogP contribution in [0.2, 0.25) is 0 Å². The Bertz CT molecular complexity index is 821. The van der Waals surface area contributed by atoms with Crippen LogP contribution in [-0.4, -0.2) is 10.9 Å². The molecule has 0 amide bonds. The number of fused-ring (bicyclic) bond motifs is 3. The Labute approximate surface area is 172 Å². The van der Waals surface area contributed by atoms with Gasteiger partial charge >= 0.3 is 0 Å². The standard InChI is InChI=1S/C27H37N/c1-7-11-13-22-15-23-16-24(10-4)28-18-26(19(5)12-8-2)20(6)14-27(28)25(23)17-21(22)9-3/h14-15,17-18,24H,5-13,16H2,1-4H3. The predicted octanol–water partition coefficient (Wildman–Crippen LogP) is 7.38. The maximum Gasteiger partial charge on any atom is 0.0491 e. The molecule has 1 unspecified atom stereocenters. The van der Waals surface area contributed by atoms with E-state index in [2.05, 4.69) is 70.2 Å². The molecule has 1 aromatic rings. The van der Waals surface area contributed by atoms with E-state index in [4.69, 9.17) is 0 Å². The van der Waals surface area contributed by atoms with Crippen molar-refractivity contribution in [2.75, 3.05) is 0 Å². The largest absolute Gasteiger partial charge is 0.343 e. The van der Waals surface area contributed by atoms with Crippen molar-refractivity contribution >= 4 is 5.70 Å². The van der Waals surface area contributed by atoms with Gasteiger partial charge in [0.05, 0.1) is 0 Å². The number of rotatable bonds is 8. The van der Waals surface area contributed by atoms with E-state index in [1.54, 1.807) is 5.56 Å². The maximum absolute atomic E-state index is 4.38. The smallest absolute Gasteiger partial charge is 0.0491 e. The summed E-state index contributed by atoms with van der Waals surface area (Å²) in [6.45, 7) is 17.8. The molecule has 28 heavy (non-hydrogen) atoms. The minimum Gasteiger partial charge on any atom is -0.343 e. The van der Waals surface area contributed by atoms with Crippen molar-refractivity contribution < 1.29 is 0 Å². The lowest BCUT2D eigenvalue weighted by molar-refractivity contribution is 0.352. The van der Waals surface area contributed by atoms with E-state index in [9.17, 15) is 0 Å². The molecule has 0 aromatic heterocycles. The van der Waals surface area contributed by atoms with Crippen LogP contribution >= 0.6 is 0 Å². The fourth-order valence-electron chi connectivity index (χ4n) is 4.65. The average molecular weight is 376 g/mol. The van der Waals surface area contributed by atoms with Gasteiger partial charge in [0.2, 0.25) is 0 Å². The van der Waals surface area contributed by atoms with Crippen molar-refractivity contribution in [3.05, 3.63) is 76.5 Å². The van der Waals surface area contributed by atoms with Crippen molar-refractivity contribution in [1.29, 1.82) is 0 Å². The molecular weight excluding hydrogens is 338 g/mol. The molecule has 0 aliphatic carbocycles. The van der Waals surface area contributed by atoms with E-state index in [0.717, 1.165) is 37.7 Å². The zero-order valence-corrected chi connectivity index (χ0v) is 18.4. The molecule has 2 aliphatic heterocycles. The Morgan fingerprint density at radius 2 is 1.89 bits per heavy atom. The third kappa shape index (κ3) is 3.90. The Morgan fingerprint density at radius 1 is 1.11 bits per heavy atom. The van der Waals surface area contributed by atoms with Gasteiger partial charge < -0.3 is 4.90 Å². The fourth-order valence-corrected chi connectivity index (χ4v) is 4.65.